The van der Waals surface area contributed by atoms with Crippen molar-refractivity contribution in [1.82, 2.24) is 5.43 Å². The summed E-state index contributed by atoms with van der Waals surface area (Å²) in [5.41, 5.74) is 5.20. The highest BCUT2D eigenvalue weighted by Crippen LogP contribution is 2.34. The van der Waals surface area contributed by atoms with Crippen LogP contribution in [0.25, 0.3) is 0 Å². The number of methoxy groups -OCH3 is 1. The first-order chi connectivity index (χ1) is 12.3. The molecule has 0 fully saturated rings. The van der Waals surface area contributed by atoms with Crippen LogP contribution in [0.5, 0.6) is 11.5 Å². The third-order valence-electron chi connectivity index (χ3n) is 3.62. The number of aryl methyl sites for hydroxylation is 2. The van der Waals surface area contributed by atoms with Gasteiger partial charge in [0.15, 0.2) is 11.5 Å². The van der Waals surface area contributed by atoms with E-state index in [0.717, 1.165) is 11.1 Å². The summed E-state index contributed by atoms with van der Waals surface area (Å²) in [5, 5.41) is 15.9. The van der Waals surface area contributed by atoms with Gasteiger partial charge in [0.25, 0.3) is 0 Å². The van der Waals surface area contributed by atoms with Crippen LogP contribution in [0.2, 0.25) is 5.02 Å². The van der Waals surface area contributed by atoms with Crippen molar-refractivity contribution >= 4 is 35.3 Å². The Labute approximate surface area is 155 Å². The molecule has 0 aromatic heterocycles. The third-order valence-corrected chi connectivity index (χ3v) is 3.91. The minimum absolute atomic E-state index is 0.0737. The van der Waals surface area contributed by atoms with E-state index >= 15 is 0 Å². The number of hydrogen-bond donors (Lipinski definition) is 3. The molecule has 0 bridgehead atoms. The fourth-order valence-corrected chi connectivity index (χ4v) is 2.27. The Hall–Kier alpha value is -3.06. The number of rotatable bonds is 4. The minimum Gasteiger partial charge on any atom is -0.503 e. The van der Waals surface area contributed by atoms with Gasteiger partial charge in [-0.15, -0.1) is 0 Å². The van der Waals surface area contributed by atoms with Gasteiger partial charge >= 0.3 is 11.8 Å². The van der Waals surface area contributed by atoms with Crippen molar-refractivity contribution in [3.63, 3.8) is 0 Å². The molecule has 2 rings (SSSR count). The molecule has 0 aliphatic rings. The van der Waals surface area contributed by atoms with Crippen LogP contribution in [0, 0.1) is 13.8 Å². The van der Waals surface area contributed by atoms with Crippen molar-refractivity contribution in [3.8, 4) is 11.5 Å². The molecule has 8 heteroatoms. The lowest BCUT2D eigenvalue weighted by molar-refractivity contribution is -0.136. The number of nitrogens with zero attached hydrogens (tertiary/aromatic N) is 1. The molecular formula is C18H18ClN3O4. The van der Waals surface area contributed by atoms with Crippen LogP contribution in [0.4, 0.5) is 5.69 Å². The molecule has 3 N–H and O–H groups in total. The van der Waals surface area contributed by atoms with E-state index in [1.807, 2.05) is 19.9 Å². The van der Waals surface area contributed by atoms with Gasteiger partial charge in [0, 0.05) is 5.69 Å². The Morgan fingerprint density at radius 3 is 2.54 bits per heavy atom. The number of hydrogen-bond acceptors (Lipinski definition) is 5. The molecular weight excluding hydrogens is 358 g/mol. The van der Waals surface area contributed by atoms with E-state index in [2.05, 4.69) is 15.8 Å². The summed E-state index contributed by atoms with van der Waals surface area (Å²) in [6.07, 6.45) is 1.27. The lowest BCUT2D eigenvalue weighted by Crippen LogP contribution is -2.32. The Morgan fingerprint density at radius 2 is 1.88 bits per heavy atom. The molecule has 0 heterocycles. The summed E-state index contributed by atoms with van der Waals surface area (Å²) in [6, 6.07) is 8.25. The molecule has 0 saturated heterocycles. The minimum atomic E-state index is -0.920. The topological polar surface area (TPSA) is 100 Å². The first kappa shape index (κ1) is 19.3. The Kier molecular flexibility index (Phi) is 6.19. The molecule has 26 heavy (non-hydrogen) atoms. The number of hydrazone groups is 1. The molecule has 0 atom stereocenters. The standard InChI is InChI=1S/C18H18ClN3O4/c1-10-4-5-13(6-11(10)2)21-17(24)18(25)22-20-9-12-7-14(19)16(23)15(8-12)26-3/h4-9,23H,1-3H3,(H,21,24)(H,22,25)/b20-9-. The van der Waals surface area contributed by atoms with Crippen molar-refractivity contribution in [2.24, 2.45) is 5.10 Å². The number of anilines is 1. The highest BCUT2D eigenvalue weighted by Gasteiger charge is 2.13. The van der Waals surface area contributed by atoms with Crippen LogP contribution in [0.3, 0.4) is 0 Å². The van der Waals surface area contributed by atoms with Crippen LogP contribution >= 0.6 is 11.6 Å². The number of halogens is 1. The summed E-state index contributed by atoms with van der Waals surface area (Å²) in [6.45, 7) is 3.86. The highest BCUT2D eigenvalue weighted by molar-refractivity contribution is 6.39. The van der Waals surface area contributed by atoms with Crippen LogP contribution < -0.4 is 15.5 Å². The predicted octanol–water partition coefficient (Wildman–Crippen LogP) is 2.76. The number of benzene rings is 2. The molecule has 0 spiro atoms. The maximum absolute atomic E-state index is 11.9. The van der Waals surface area contributed by atoms with Gasteiger partial charge in [0.2, 0.25) is 0 Å². The summed E-state index contributed by atoms with van der Waals surface area (Å²) < 4.78 is 4.97. The van der Waals surface area contributed by atoms with Gasteiger partial charge in [-0.05, 0) is 54.8 Å². The van der Waals surface area contributed by atoms with E-state index in [9.17, 15) is 14.7 Å². The second kappa shape index (κ2) is 8.35. The summed E-state index contributed by atoms with van der Waals surface area (Å²) in [4.78, 5) is 23.7. The molecule has 0 aliphatic heterocycles. The third kappa shape index (κ3) is 4.73. The van der Waals surface area contributed by atoms with E-state index in [4.69, 9.17) is 16.3 Å². The lowest BCUT2D eigenvalue weighted by atomic mass is 10.1. The Morgan fingerprint density at radius 1 is 1.15 bits per heavy atom. The number of aromatic hydroxyl groups is 1. The summed E-state index contributed by atoms with van der Waals surface area (Å²) in [5.74, 6) is -1.79. The number of carbonyl (C=O) groups excluding carboxylic acids is 2. The number of phenolic OH excluding ortho intramolecular Hbond substituents is 1. The maximum atomic E-state index is 11.9. The van der Waals surface area contributed by atoms with E-state index in [-0.39, 0.29) is 16.5 Å². The maximum Gasteiger partial charge on any atom is 0.329 e. The fraction of sp³-hybridized carbons (Fsp3) is 0.167. The van der Waals surface area contributed by atoms with Gasteiger partial charge < -0.3 is 15.2 Å². The quantitative estimate of drug-likeness (QED) is 0.434. The normalized spacial score (nSPS) is 10.6. The van der Waals surface area contributed by atoms with Crippen molar-refractivity contribution < 1.29 is 19.4 Å². The van der Waals surface area contributed by atoms with E-state index < -0.39 is 11.8 Å². The van der Waals surface area contributed by atoms with E-state index in [1.54, 1.807) is 12.1 Å². The average molecular weight is 376 g/mol. The smallest absolute Gasteiger partial charge is 0.329 e. The molecule has 7 nitrogen and oxygen atoms in total. The number of amides is 2. The van der Waals surface area contributed by atoms with Crippen molar-refractivity contribution in [2.45, 2.75) is 13.8 Å². The van der Waals surface area contributed by atoms with Gasteiger partial charge in [0.1, 0.15) is 0 Å². The molecule has 2 aromatic rings. The first-order valence-electron chi connectivity index (χ1n) is 7.60. The average Bonchev–Trinajstić information content (AvgIpc) is 2.60. The van der Waals surface area contributed by atoms with Crippen molar-refractivity contribution in [1.29, 1.82) is 0 Å². The second-order valence-corrected chi connectivity index (χ2v) is 5.91. The van der Waals surface area contributed by atoms with Gasteiger partial charge in [0.05, 0.1) is 18.3 Å². The number of phenols is 1. The molecule has 0 aliphatic carbocycles. The number of ether oxygens (including phenoxy) is 1. The largest absolute Gasteiger partial charge is 0.503 e. The Bertz CT molecular complexity index is 881. The van der Waals surface area contributed by atoms with Crippen molar-refractivity contribution in [2.75, 3.05) is 12.4 Å². The summed E-state index contributed by atoms with van der Waals surface area (Å²) >= 11 is 5.86. The number of carbonyl (C=O) groups is 2. The molecule has 2 amide bonds. The zero-order valence-electron chi connectivity index (χ0n) is 14.5. The van der Waals surface area contributed by atoms with Gasteiger partial charge in [-0.25, -0.2) is 5.43 Å². The summed E-state index contributed by atoms with van der Waals surface area (Å²) in [7, 11) is 1.38. The fourth-order valence-electron chi connectivity index (χ4n) is 2.05. The van der Waals surface area contributed by atoms with E-state index in [1.165, 1.54) is 25.5 Å². The number of nitrogens with one attached hydrogen (secondary N) is 2. The second-order valence-electron chi connectivity index (χ2n) is 5.51. The molecule has 136 valence electrons. The lowest BCUT2D eigenvalue weighted by Gasteiger charge is -2.07. The van der Waals surface area contributed by atoms with Crippen LogP contribution in [0.1, 0.15) is 16.7 Å². The molecule has 0 unspecified atom stereocenters. The van der Waals surface area contributed by atoms with Gasteiger partial charge in [-0.2, -0.15) is 5.10 Å². The molecule has 0 radical (unpaired) electrons. The van der Waals surface area contributed by atoms with Gasteiger partial charge in [-0.3, -0.25) is 9.59 Å². The van der Waals surface area contributed by atoms with Crippen molar-refractivity contribution in [3.05, 3.63) is 52.0 Å². The van der Waals surface area contributed by atoms with Crippen LogP contribution in [-0.2, 0) is 9.59 Å². The first-order valence-corrected chi connectivity index (χ1v) is 7.97. The van der Waals surface area contributed by atoms with Crippen LogP contribution in [-0.4, -0.2) is 30.2 Å². The van der Waals surface area contributed by atoms with E-state index in [0.29, 0.717) is 11.3 Å². The zero-order valence-corrected chi connectivity index (χ0v) is 15.2. The highest BCUT2D eigenvalue weighted by atomic mass is 35.5. The zero-order chi connectivity index (χ0) is 19.3. The van der Waals surface area contributed by atoms with Crippen LogP contribution in [0.15, 0.2) is 35.4 Å². The van der Waals surface area contributed by atoms with Gasteiger partial charge in [-0.1, -0.05) is 17.7 Å². The molecule has 0 saturated carbocycles. The predicted molar refractivity (Wildman–Crippen MR) is 100.0 cm³/mol. The monoisotopic (exact) mass is 375 g/mol. The molecule has 2 aromatic carbocycles. The Balaban J connectivity index is 1.99. The SMILES string of the molecule is COc1cc(/C=N\NC(=O)C(=O)Nc2ccc(C)c(C)c2)cc(Cl)c1O.